The fourth-order valence-electron chi connectivity index (χ4n) is 5.52. The molecule has 0 aliphatic carbocycles. The minimum Gasteiger partial charge on any atom is -0.493 e. The predicted molar refractivity (Wildman–Crippen MR) is 141 cm³/mol. The van der Waals surface area contributed by atoms with Gasteiger partial charge in [-0.2, -0.15) is 0 Å². The summed E-state index contributed by atoms with van der Waals surface area (Å²) in [6, 6.07) is 10.7. The summed E-state index contributed by atoms with van der Waals surface area (Å²) in [5.41, 5.74) is 1.55. The van der Waals surface area contributed by atoms with Crippen LogP contribution in [0.25, 0.3) is 10.2 Å². The molecule has 3 atom stereocenters. The molecule has 3 aromatic rings. The molecule has 0 saturated carbocycles. The summed E-state index contributed by atoms with van der Waals surface area (Å²) in [4.78, 5) is 20.7. The van der Waals surface area contributed by atoms with Gasteiger partial charge in [-0.15, -0.1) is 11.3 Å². The first-order chi connectivity index (χ1) is 17.0. The molecule has 3 heterocycles. The van der Waals surface area contributed by atoms with Gasteiger partial charge in [0, 0.05) is 28.2 Å². The van der Waals surface area contributed by atoms with Crippen molar-refractivity contribution in [2.75, 3.05) is 21.3 Å². The summed E-state index contributed by atoms with van der Waals surface area (Å²) in [5.74, 6) is 1.32. The van der Waals surface area contributed by atoms with E-state index in [9.17, 15) is 4.79 Å². The number of hydrogen-bond donors (Lipinski definition) is 1. The molecule has 1 aromatic heterocycles. The molecule has 5 rings (SSSR count). The van der Waals surface area contributed by atoms with Gasteiger partial charge >= 0.3 is 0 Å². The molecule has 186 valence electrons. The van der Waals surface area contributed by atoms with Crippen molar-refractivity contribution in [3.8, 4) is 17.2 Å². The number of thiazole rings is 1. The van der Waals surface area contributed by atoms with Crippen LogP contribution in [0.5, 0.6) is 17.2 Å². The minimum atomic E-state index is -0.114. The molecule has 2 saturated heterocycles. The monoisotopic (exact) mass is 559 g/mol. The number of carbonyl (C=O) groups is 1. The van der Waals surface area contributed by atoms with E-state index in [2.05, 4.69) is 38.3 Å². The number of para-hydroxylation sites is 1. The number of rotatable bonds is 7. The maximum Gasteiger partial charge on any atom is 0.251 e. The molecule has 2 aliphatic heterocycles. The van der Waals surface area contributed by atoms with Crippen molar-refractivity contribution in [3.63, 3.8) is 0 Å². The Hall–Kier alpha value is -2.36. The van der Waals surface area contributed by atoms with Crippen LogP contribution in [0.4, 0.5) is 0 Å². The van der Waals surface area contributed by atoms with Crippen LogP contribution in [-0.4, -0.2) is 55.2 Å². The highest BCUT2D eigenvalue weighted by molar-refractivity contribution is 9.10. The summed E-state index contributed by atoms with van der Waals surface area (Å²) < 4.78 is 18.5. The Bertz CT molecular complexity index is 1190. The van der Waals surface area contributed by atoms with E-state index in [0.29, 0.717) is 34.9 Å². The van der Waals surface area contributed by atoms with Gasteiger partial charge in [-0.05, 0) is 65.9 Å². The molecule has 0 spiro atoms. The molecule has 2 aromatic carbocycles. The molecule has 2 aliphatic rings. The zero-order chi connectivity index (χ0) is 24.5. The van der Waals surface area contributed by atoms with Crippen LogP contribution < -0.4 is 19.5 Å². The van der Waals surface area contributed by atoms with Crippen molar-refractivity contribution in [1.82, 2.24) is 15.2 Å². The van der Waals surface area contributed by atoms with Crippen LogP contribution >= 0.6 is 27.3 Å². The number of nitrogens with zero attached hydrogens (tertiary/aromatic N) is 2. The Morgan fingerprint density at radius 3 is 2.40 bits per heavy atom. The van der Waals surface area contributed by atoms with Crippen molar-refractivity contribution in [1.29, 1.82) is 0 Å². The molecular weight excluding hydrogens is 530 g/mol. The Morgan fingerprint density at radius 1 is 1.11 bits per heavy atom. The maximum absolute atomic E-state index is 13.2. The van der Waals surface area contributed by atoms with E-state index in [-0.39, 0.29) is 11.9 Å². The number of halogens is 1. The van der Waals surface area contributed by atoms with E-state index in [1.54, 1.807) is 44.8 Å². The van der Waals surface area contributed by atoms with Crippen LogP contribution in [0.1, 0.15) is 47.5 Å². The zero-order valence-electron chi connectivity index (χ0n) is 20.2. The SMILES string of the molecule is COc1cc(C(=O)NC2C[C@H]3CCC[C@@H](C2)N3Cc2nc3c(Br)cccc3s2)cc(OC)c1OC. The van der Waals surface area contributed by atoms with E-state index in [1.807, 2.05) is 6.07 Å². The lowest BCUT2D eigenvalue weighted by atomic mass is 9.81. The predicted octanol–water partition coefficient (Wildman–Crippen LogP) is 5.40. The lowest BCUT2D eigenvalue weighted by molar-refractivity contribution is 0.0177. The second-order valence-electron chi connectivity index (χ2n) is 9.16. The molecule has 1 N–H and O–H groups in total. The first-order valence-corrected chi connectivity index (χ1v) is 13.5. The average Bonchev–Trinajstić information content (AvgIpc) is 3.27. The topological polar surface area (TPSA) is 72.9 Å². The fraction of sp³-hybridized carbons (Fsp3) is 0.462. The largest absolute Gasteiger partial charge is 0.493 e. The van der Waals surface area contributed by atoms with E-state index in [4.69, 9.17) is 19.2 Å². The quantitative estimate of drug-likeness (QED) is 0.417. The number of ether oxygens (including phenoxy) is 3. The minimum absolute atomic E-state index is 0.114. The molecule has 2 fully saturated rings. The second-order valence-corrected chi connectivity index (χ2v) is 11.1. The van der Waals surface area contributed by atoms with Crippen LogP contribution in [0, 0.1) is 0 Å². The number of carbonyl (C=O) groups excluding carboxylic acids is 1. The first-order valence-electron chi connectivity index (χ1n) is 11.9. The van der Waals surface area contributed by atoms with Gasteiger partial charge in [0.15, 0.2) is 11.5 Å². The Labute approximate surface area is 217 Å². The van der Waals surface area contributed by atoms with Crippen molar-refractivity contribution >= 4 is 43.4 Å². The average molecular weight is 561 g/mol. The first kappa shape index (κ1) is 24.3. The van der Waals surface area contributed by atoms with Crippen molar-refractivity contribution < 1.29 is 19.0 Å². The van der Waals surface area contributed by atoms with E-state index in [0.717, 1.165) is 47.2 Å². The van der Waals surface area contributed by atoms with E-state index < -0.39 is 0 Å². The third-order valence-corrected chi connectivity index (χ3v) is 8.77. The molecule has 2 bridgehead atoms. The van der Waals surface area contributed by atoms with Crippen LogP contribution in [0.2, 0.25) is 0 Å². The van der Waals surface area contributed by atoms with Crippen LogP contribution in [-0.2, 0) is 6.54 Å². The number of methoxy groups -OCH3 is 3. The summed E-state index contributed by atoms with van der Waals surface area (Å²) in [5, 5.41) is 4.44. The normalized spacial score (nSPS) is 22.1. The molecular formula is C26H30BrN3O4S. The van der Waals surface area contributed by atoms with Gasteiger partial charge in [0.05, 0.1) is 38.1 Å². The number of hydrogen-bond acceptors (Lipinski definition) is 7. The zero-order valence-corrected chi connectivity index (χ0v) is 22.6. The third-order valence-electron chi connectivity index (χ3n) is 7.12. The molecule has 0 radical (unpaired) electrons. The standard InChI is InChI=1S/C26H30BrN3O4S/c1-32-20-10-15(11-21(33-2)25(20)34-3)26(31)28-16-12-17-6-4-7-18(13-16)30(17)14-23-29-24-19(27)8-5-9-22(24)35-23/h5,8-11,16-18H,4,6-7,12-14H2,1-3H3,(H,28,31)/t16?,17-,18+. The number of benzene rings is 2. The highest BCUT2D eigenvalue weighted by Gasteiger charge is 2.39. The van der Waals surface area contributed by atoms with Gasteiger partial charge in [-0.25, -0.2) is 4.98 Å². The van der Waals surface area contributed by atoms with Gasteiger partial charge in [0.25, 0.3) is 5.91 Å². The lowest BCUT2D eigenvalue weighted by Crippen LogP contribution is -2.56. The lowest BCUT2D eigenvalue weighted by Gasteiger charge is -2.48. The molecule has 35 heavy (non-hydrogen) atoms. The van der Waals surface area contributed by atoms with Gasteiger partial charge < -0.3 is 19.5 Å². The summed E-state index contributed by atoms with van der Waals surface area (Å²) >= 11 is 5.40. The number of aromatic nitrogens is 1. The smallest absolute Gasteiger partial charge is 0.251 e. The Balaban J connectivity index is 1.29. The summed E-state index contributed by atoms with van der Waals surface area (Å²) in [7, 11) is 4.67. The summed E-state index contributed by atoms with van der Waals surface area (Å²) in [6.07, 6.45) is 5.44. The third kappa shape index (κ3) is 4.86. The number of amides is 1. The molecule has 1 amide bonds. The summed E-state index contributed by atoms with van der Waals surface area (Å²) in [6.45, 7) is 0.870. The van der Waals surface area contributed by atoms with Crippen molar-refractivity contribution in [2.24, 2.45) is 0 Å². The maximum atomic E-state index is 13.2. The number of nitrogens with one attached hydrogen (secondary N) is 1. The van der Waals surface area contributed by atoms with Crippen LogP contribution in [0.3, 0.4) is 0 Å². The van der Waals surface area contributed by atoms with E-state index >= 15 is 0 Å². The molecule has 1 unspecified atom stereocenters. The van der Waals surface area contributed by atoms with E-state index in [1.165, 1.54) is 11.1 Å². The van der Waals surface area contributed by atoms with Crippen LogP contribution in [0.15, 0.2) is 34.8 Å². The second kappa shape index (κ2) is 10.3. The number of piperidine rings is 2. The van der Waals surface area contributed by atoms with Gasteiger partial charge in [0.2, 0.25) is 5.75 Å². The molecule has 9 heteroatoms. The van der Waals surface area contributed by atoms with Crippen molar-refractivity contribution in [2.45, 2.75) is 56.8 Å². The number of fused-ring (bicyclic) bond motifs is 3. The highest BCUT2D eigenvalue weighted by atomic mass is 79.9. The molecule has 7 nitrogen and oxygen atoms in total. The fourth-order valence-corrected chi connectivity index (χ4v) is 7.11. The van der Waals surface area contributed by atoms with Gasteiger partial charge in [-0.3, -0.25) is 9.69 Å². The highest BCUT2D eigenvalue weighted by Crippen LogP contribution is 2.39. The van der Waals surface area contributed by atoms with Gasteiger partial charge in [0.1, 0.15) is 5.01 Å². The Kier molecular flexibility index (Phi) is 7.18. The Morgan fingerprint density at radius 2 is 1.80 bits per heavy atom. The van der Waals surface area contributed by atoms with Crippen molar-refractivity contribution in [3.05, 3.63) is 45.4 Å². The van der Waals surface area contributed by atoms with Gasteiger partial charge in [-0.1, -0.05) is 12.5 Å².